The Morgan fingerprint density at radius 3 is 2.29 bits per heavy atom. The second kappa shape index (κ2) is 9.92. The molecule has 0 aliphatic carbocycles. The van der Waals surface area contributed by atoms with Crippen LogP contribution in [0.25, 0.3) is 0 Å². The number of hydrogen-bond acceptors (Lipinski definition) is 6. The van der Waals surface area contributed by atoms with E-state index in [1.54, 1.807) is 46.2 Å². The highest BCUT2D eigenvalue weighted by atomic mass is 79.9. The highest BCUT2D eigenvalue weighted by molar-refractivity contribution is 9.10. The van der Waals surface area contributed by atoms with E-state index in [0.29, 0.717) is 28.1 Å². The van der Waals surface area contributed by atoms with Crippen LogP contribution in [0.4, 0.5) is 0 Å². The van der Waals surface area contributed by atoms with E-state index in [-0.39, 0.29) is 12.7 Å². The van der Waals surface area contributed by atoms with Crippen LogP contribution < -0.4 is 5.32 Å². The van der Waals surface area contributed by atoms with Gasteiger partial charge in [-0.1, -0.05) is 34.1 Å². The van der Waals surface area contributed by atoms with Crippen molar-refractivity contribution in [2.24, 2.45) is 0 Å². The number of carbonyl (C=O) groups is 2. The molecule has 1 N–H and O–H groups in total. The molecule has 7 heteroatoms. The van der Waals surface area contributed by atoms with Gasteiger partial charge in [0.25, 0.3) is 0 Å². The monoisotopic (exact) mass is 484 g/mol. The number of benzene rings is 1. The van der Waals surface area contributed by atoms with Crippen LogP contribution in [0.5, 0.6) is 0 Å². The molecule has 0 saturated carbocycles. The fourth-order valence-electron chi connectivity index (χ4n) is 3.50. The summed E-state index contributed by atoms with van der Waals surface area (Å²) in [6.07, 6.45) is 3.01. The zero-order valence-corrected chi connectivity index (χ0v) is 19.5. The van der Waals surface area contributed by atoms with Gasteiger partial charge in [-0.15, -0.1) is 0 Å². The van der Waals surface area contributed by atoms with Crippen molar-refractivity contribution in [1.82, 2.24) is 10.3 Å². The SMILES string of the molecule is CC1=C(C(=O)OCc2ccc(Br)cc2)C(c2cccnc2)C(C(=O)OC(C)C)=C(C)N1. The topological polar surface area (TPSA) is 77.5 Å². The molecule has 3 rings (SSSR count). The Hall–Kier alpha value is -2.93. The molecule has 1 atom stereocenters. The van der Waals surface area contributed by atoms with E-state index in [1.165, 1.54) is 0 Å². The van der Waals surface area contributed by atoms with Crippen molar-refractivity contribution < 1.29 is 19.1 Å². The molecule has 1 aliphatic heterocycles. The first-order valence-electron chi connectivity index (χ1n) is 9.99. The van der Waals surface area contributed by atoms with Crippen LogP contribution in [-0.2, 0) is 25.7 Å². The molecule has 1 unspecified atom stereocenters. The fourth-order valence-corrected chi connectivity index (χ4v) is 3.76. The minimum absolute atomic E-state index is 0.122. The number of carbonyl (C=O) groups excluding carboxylic acids is 2. The van der Waals surface area contributed by atoms with Crippen LogP contribution in [0.3, 0.4) is 0 Å². The number of halogens is 1. The Morgan fingerprint density at radius 1 is 1.06 bits per heavy atom. The van der Waals surface area contributed by atoms with E-state index in [2.05, 4.69) is 26.2 Å². The molecule has 0 spiro atoms. The second-order valence-corrected chi connectivity index (χ2v) is 8.49. The molecule has 0 bridgehead atoms. The number of allylic oxidation sites excluding steroid dienone is 2. The van der Waals surface area contributed by atoms with Gasteiger partial charge in [-0.05, 0) is 57.0 Å². The molecule has 1 aliphatic rings. The zero-order valence-electron chi connectivity index (χ0n) is 17.9. The molecular weight excluding hydrogens is 460 g/mol. The van der Waals surface area contributed by atoms with Crippen LogP contribution in [-0.4, -0.2) is 23.0 Å². The molecule has 6 nitrogen and oxygen atoms in total. The number of dihydropyridines is 1. The lowest BCUT2D eigenvalue weighted by molar-refractivity contribution is -0.143. The first-order valence-corrected chi connectivity index (χ1v) is 10.8. The molecule has 0 radical (unpaired) electrons. The van der Waals surface area contributed by atoms with Crippen molar-refractivity contribution in [2.75, 3.05) is 0 Å². The number of hydrogen-bond donors (Lipinski definition) is 1. The number of pyridine rings is 1. The number of rotatable bonds is 6. The standard InChI is InChI=1S/C24H25BrN2O4/c1-14(2)31-24(29)21-16(4)27-15(3)20(22(21)18-6-5-11-26-12-18)23(28)30-13-17-7-9-19(25)10-8-17/h5-12,14,22,27H,13H2,1-4H3. The minimum Gasteiger partial charge on any atom is -0.460 e. The molecule has 31 heavy (non-hydrogen) atoms. The van der Waals surface area contributed by atoms with Crippen molar-refractivity contribution in [3.05, 3.63) is 86.9 Å². The highest BCUT2D eigenvalue weighted by Gasteiger charge is 2.38. The van der Waals surface area contributed by atoms with Crippen molar-refractivity contribution in [3.8, 4) is 0 Å². The summed E-state index contributed by atoms with van der Waals surface area (Å²) in [6.45, 7) is 7.30. The van der Waals surface area contributed by atoms with Gasteiger partial charge in [0, 0.05) is 28.3 Å². The molecule has 2 aromatic rings. The lowest BCUT2D eigenvalue weighted by atomic mass is 9.81. The van der Waals surface area contributed by atoms with Gasteiger partial charge in [0.2, 0.25) is 0 Å². The first kappa shape index (κ1) is 22.7. The Labute approximate surface area is 190 Å². The van der Waals surface area contributed by atoms with Gasteiger partial charge in [-0.25, -0.2) is 9.59 Å². The summed E-state index contributed by atoms with van der Waals surface area (Å²) >= 11 is 3.39. The van der Waals surface area contributed by atoms with Crippen LogP contribution in [0.1, 0.15) is 44.7 Å². The van der Waals surface area contributed by atoms with Crippen molar-refractivity contribution >= 4 is 27.9 Å². The van der Waals surface area contributed by atoms with E-state index < -0.39 is 17.9 Å². The molecular formula is C24H25BrN2O4. The summed E-state index contributed by atoms with van der Waals surface area (Å²) in [7, 11) is 0. The van der Waals surface area contributed by atoms with Gasteiger partial charge in [0.05, 0.1) is 23.2 Å². The maximum absolute atomic E-state index is 13.2. The third-order valence-electron chi connectivity index (χ3n) is 4.84. The maximum atomic E-state index is 13.2. The molecule has 162 valence electrons. The molecule has 0 amide bonds. The summed E-state index contributed by atoms with van der Waals surface area (Å²) in [4.78, 5) is 30.4. The lowest BCUT2D eigenvalue weighted by Crippen LogP contribution is -2.33. The lowest BCUT2D eigenvalue weighted by Gasteiger charge is -2.30. The Balaban J connectivity index is 1.96. The van der Waals surface area contributed by atoms with Gasteiger partial charge in [0.1, 0.15) is 6.61 Å². The van der Waals surface area contributed by atoms with Crippen LogP contribution in [0.15, 0.2) is 75.8 Å². The normalized spacial score (nSPS) is 16.3. The number of ether oxygens (including phenoxy) is 2. The van der Waals surface area contributed by atoms with Gasteiger partial charge in [-0.3, -0.25) is 4.98 Å². The quantitative estimate of drug-likeness (QED) is 0.594. The van der Waals surface area contributed by atoms with Gasteiger partial charge >= 0.3 is 11.9 Å². The number of esters is 2. The van der Waals surface area contributed by atoms with Crippen molar-refractivity contribution in [2.45, 2.75) is 46.3 Å². The Kier molecular flexibility index (Phi) is 7.28. The van der Waals surface area contributed by atoms with Gasteiger partial charge < -0.3 is 14.8 Å². The van der Waals surface area contributed by atoms with Crippen LogP contribution >= 0.6 is 15.9 Å². The zero-order chi connectivity index (χ0) is 22.5. The van der Waals surface area contributed by atoms with Gasteiger partial charge in [0.15, 0.2) is 0 Å². The highest BCUT2D eigenvalue weighted by Crippen LogP contribution is 2.39. The van der Waals surface area contributed by atoms with E-state index in [0.717, 1.165) is 10.0 Å². The molecule has 2 heterocycles. The van der Waals surface area contributed by atoms with Crippen molar-refractivity contribution in [1.29, 1.82) is 0 Å². The summed E-state index contributed by atoms with van der Waals surface area (Å²) in [6, 6.07) is 11.2. The summed E-state index contributed by atoms with van der Waals surface area (Å²) in [5, 5.41) is 3.15. The van der Waals surface area contributed by atoms with Gasteiger partial charge in [-0.2, -0.15) is 0 Å². The first-order chi connectivity index (χ1) is 14.8. The Morgan fingerprint density at radius 2 is 1.71 bits per heavy atom. The predicted octanol–water partition coefficient (Wildman–Crippen LogP) is 4.77. The fraction of sp³-hybridized carbons (Fsp3) is 0.292. The third-order valence-corrected chi connectivity index (χ3v) is 5.37. The summed E-state index contributed by atoms with van der Waals surface area (Å²) < 4.78 is 12.1. The second-order valence-electron chi connectivity index (χ2n) is 7.58. The summed E-state index contributed by atoms with van der Waals surface area (Å²) in [5.41, 5.74) is 3.60. The predicted molar refractivity (Wildman–Crippen MR) is 121 cm³/mol. The average Bonchev–Trinajstić information content (AvgIpc) is 2.72. The molecule has 1 aromatic carbocycles. The number of nitrogens with zero attached hydrogens (tertiary/aromatic N) is 1. The largest absolute Gasteiger partial charge is 0.460 e. The van der Waals surface area contributed by atoms with E-state index in [1.807, 2.05) is 30.3 Å². The number of aromatic nitrogens is 1. The van der Waals surface area contributed by atoms with E-state index >= 15 is 0 Å². The minimum atomic E-state index is -0.640. The molecule has 1 aromatic heterocycles. The van der Waals surface area contributed by atoms with Crippen LogP contribution in [0, 0.1) is 0 Å². The molecule has 0 saturated heterocycles. The van der Waals surface area contributed by atoms with E-state index in [4.69, 9.17) is 9.47 Å². The maximum Gasteiger partial charge on any atom is 0.337 e. The average molecular weight is 485 g/mol. The third kappa shape index (κ3) is 5.41. The molecule has 0 fully saturated rings. The Bertz CT molecular complexity index is 1030. The van der Waals surface area contributed by atoms with Crippen LogP contribution in [0.2, 0.25) is 0 Å². The van der Waals surface area contributed by atoms with Crippen molar-refractivity contribution in [3.63, 3.8) is 0 Å². The number of nitrogens with one attached hydrogen (secondary N) is 1. The smallest absolute Gasteiger partial charge is 0.337 e. The van der Waals surface area contributed by atoms with E-state index in [9.17, 15) is 9.59 Å². The summed E-state index contributed by atoms with van der Waals surface area (Å²) in [5.74, 6) is -1.61.